The molecule has 1 spiro atoms. The molecule has 3 rings (SSSR count). The molecule has 3 unspecified atom stereocenters. The number of para-hydroxylation sites is 1. The predicted octanol–water partition coefficient (Wildman–Crippen LogP) is 1.98. The SMILES string of the molecule is CC(=O)N1c2ccccc2C(O)C12CCC(C)O2. The Balaban J connectivity index is 2.14. The standard InChI is InChI=1S/C14H17NO3/c1-9-7-8-14(18-9)13(17)11-5-3-4-6-12(11)15(14)10(2)16/h3-6,9,13,17H,7-8H2,1-2H3. The highest BCUT2D eigenvalue weighted by molar-refractivity contribution is 5.95. The van der Waals surface area contributed by atoms with E-state index in [0.29, 0.717) is 6.42 Å². The lowest BCUT2D eigenvalue weighted by atomic mass is 10.00. The molecule has 0 aliphatic carbocycles. The van der Waals surface area contributed by atoms with E-state index in [0.717, 1.165) is 17.7 Å². The van der Waals surface area contributed by atoms with Crippen molar-refractivity contribution in [3.8, 4) is 0 Å². The van der Waals surface area contributed by atoms with Crippen LogP contribution in [0.1, 0.15) is 38.4 Å². The van der Waals surface area contributed by atoms with E-state index >= 15 is 0 Å². The lowest BCUT2D eigenvalue weighted by Gasteiger charge is -2.36. The summed E-state index contributed by atoms with van der Waals surface area (Å²) in [4.78, 5) is 13.6. The fraction of sp³-hybridized carbons (Fsp3) is 0.500. The predicted molar refractivity (Wildman–Crippen MR) is 67.1 cm³/mol. The highest BCUT2D eigenvalue weighted by Crippen LogP contribution is 2.52. The van der Waals surface area contributed by atoms with Crippen molar-refractivity contribution < 1.29 is 14.6 Å². The molecule has 1 aromatic rings. The van der Waals surface area contributed by atoms with Gasteiger partial charge in [-0.1, -0.05) is 18.2 Å². The first-order valence-electron chi connectivity index (χ1n) is 6.32. The number of anilines is 1. The number of carbonyl (C=O) groups is 1. The number of nitrogens with zero attached hydrogens (tertiary/aromatic N) is 1. The van der Waals surface area contributed by atoms with Crippen LogP contribution in [0, 0.1) is 0 Å². The Morgan fingerprint density at radius 2 is 2.22 bits per heavy atom. The quantitative estimate of drug-likeness (QED) is 0.762. The van der Waals surface area contributed by atoms with Gasteiger partial charge in [-0.3, -0.25) is 9.69 Å². The molecule has 2 aliphatic heterocycles. The van der Waals surface area contributed by atoms with Crippen LogP contribution < -0.4 is 4.90 Å². The highest BCUT2D eigenvalue weighted by atomic mass is 16.5. The summed E-state index contributed by atoms with van der Waals surface area (Å²) in [5.41, 5.74) is 0.656. The van der Waals surface area contributed by atoms with Gasteiger partial charge in [-0.25, -0.2) is 0 Å². The largest absolute Gasteiger partial charge is 0.383 e. The Bertz CT molecular complexity index is 502. The number of carbonyl (C=O) groups excluding carboxylic acids is 1. The van der Waals surface area contributed by atoms with Crippen molar-refractivity contribution in [1.29, 1.82) is 0 Å². The Kier molecular flexibility index (Phi) is 2.47. The molecule has 0 saturated carbocycles. The smallest absolute Gasteiger partial charge is 0.226 e. The third-order valence-electron chi connectivity index (χ3n) is 3.91. The van der Waals surface area contributed by atoms with Gasteiger partial charge in [0.1, 0.15) is 6.10 Å². The maximum atomic E-state index is 12.0. The Morgan fingerprint density at radius 3 is 2.83 bits per heavy atom. The van der Waals surface area contributed by atoms with E-state index < -0.39 is 11.8 Å². The second-order valence-electron chi connectivity index (χ2n) is 5.13. The summed E-state index contributed by atoms with van der Waals surface area (Å²) < 4.78 is 5.93. The van der Waals surface area contributed by atoms with Gasteiger partial charge in [-0.15, -0.1) is 0 Å². The molecule has 4 nitrogen and oxygen atoms in total. The van der Waals surface area contributed by atoms with Gasteiger partial charge in [-0.2, -0.15) is 0 Å². The zero-order valence-electron chi connectivity index (χ0n) is 10.6. The van der Waals surface area contributed by atoms with Crippen LogP contribution in [-0.2, 0) is 9.53 Å². The molecule has 1 N–H and O–H groups in total. The number of aliphatic hydroxyl groups is 1. The van der Waals surface area contributed by atoms with Gasteiger partial charge < -0.3 is 9.84 Å². The van der Waals surface area contributed by atoms with Crippen molar-refractivity contribution in [2.24, 2.45) is 0 Å². The summed E-state index contributed by atoms with van der Waals surface area (Å²) in [6, 6.07) is 7.47. The lowest BCUT2D eigenvalue weighted by Crippen LogP contribution is -2.51. The number of hydrogen-bond acceptors (Lipinski definition) is 3. The second-order valence-corrected chi connectivity index (χ2v) is 5.13. The second kappa shape index (κ2) is 3.80. The number of amides is 1. The van der Waals surface area contributed by atoms with Crippen LogP contribution in [0.2, 0.25) is 0 Å². The van der Waals surface area contributed by atoms with Gasteiger partial charge in [0.2, 0.25) is 5.91 Å². The van der Waals surface area contributed by atoms with Crippen molar-refractivity contribution >= 4 is 11.6 Å². The molecule has 18 heavy (non-hydrogen) atoms. The number of ether oxygens (including phenoxy) is 1. The van der Waals surface area contributed by atoms with Gasteiger partial charge in [0, 0.05) is 18.9 Å². The zero-order chi connectivity index (χ0) is 12.9. The van der Waals surface area contributed by atoms with Crippen LogP contribution in [0.25, 0.3) is 0 Å². The minimum atomic E-state index is -0.894. The minimum absolute atomic E-state index is 0.0656. The molecule has 1 fully saturated rings. The molecule has 1 amide bonds. The van der Waals surface area contributed by atoms with E-state index in [1.165, 1.54) is 6.92 Å². The van der Waals surface area contributed by atoms with Gasteiger partial charge in [0.15, 0.2) is 5.72 Å². The van der Waals surface area contributed by atoms with Crippen molar-refractivity contribution in [2.75, 3.05) is 4.90 Å². The molecule has 2 aliphatic rings. The van der Waals surface area contributed by atoms with E-state index in [-0.39, 0.29) is 12.0 Å². The van der Waals surface area contributed by atoms with Crippen LogP contribution in [-0.4, -0.2) is 22.8 Å². The number of benzene rings is 1. The molecule has 4 heteroatoms. The molecule has 0 bridgehead atoms. The van der Waals surface area contributed by atoms with Gasteiger partial charge in [-0.05, 0) is 19.4 Å². The lowest BCUT2D eigenvalue weighted by molar-refractivity contribution is -0.134. The topological polar surface area (TPSA) is 49.8 Å². The first kappa shape index (κ1) is 11.7. The van der Waals surface area contributed by atoms with Crippen molar-refractivity contribution in [3.05, 3.63) is 29.8 Å². The maximum Gasteiger partial charge on any atom is 0.226 e. The van der Waals surface area contributed by atoms with Crippen LogP contribution in [0.3, 0.4) is 0 Å². The summed E-state index contributed by atoms with van der Waals surface area (Å²) >= 11 is 0. The van der Waals surface area contributed by atoms with E-state index in [4.69, 9.17) is 4.74 Å². The molecule has 3 atom stereocenters. The molecule has 1 aromatic carbocycles. The summed E-state index contributed by atoms with van der Waals surface area (Å²) in [6.07, 6.45) is 0.830. The fourth-order valence-corrected chi connectivity index (χ4v) is 3.17. The minimum Gasteiger partial charge on any atom is -0.383 e. The Hall–Kier alpha value is -1.39. The number of hydrogen-bond donors (Lipinski definition) is 1. The third kappa shape index (κ3) is 1.36. The van der Waals surface area contributed by atoms with Crippen molar-refractivity contribution in [3.63, 3.8) is 0 Å². The number of fused-ring (bicyclic) bond motifs is 1. The zero-order valence-corrected chi connectivity index (χ0v) is 10.6. The van der Waals surface area contributed by atoms with Crippen molar-refractivity contribution in [2.45, 2.75) is 44.6 Å². The molecule has 0 radical (unpaired) electrons. The molecule has 1 saturated heterocycles. The first-order chi connectivity index (χ1) is 8.56. The first-order valence-corrected chi connectivity index (χ1v) is 6.32. The average molecular weight is 247 g/mol. The van der Waals surface area contributed by atoms with E-state index in [1.807, 2.05) is 31.2 Å². The van der Waals surface area contributed by atoms with Crippen LogP contribution in [0.4, 0.5) is 5.69 Å². The van der Waals surface area contributed by atoms with Crippen molar-refractivity contribution in [1.82, 2.24) is 0 Å². The maximum absolute atomic E-state index is 12.0. The molecule has 96 valence electrons. The van der Waals surface area contributed by atoms with Gasteiger partial charge in [0.05, 0.1) is 11.8 Å². The fourth-order valence-electron chi connectivity index (χ4n) is 3.17. The third-order valence-corrected chi connectivity index (χ3v) is 3.91. The molecular weight excluding hydrogens is 230 g/mol. The number of aliphatic hydroxyl groups excluding tert-OH is 1. The molecular formula is C14H17NO3. The number of rotatable bonds is 0. The summed E-state index contributed by atoms with van der Waals surface area (Å²) in [5.74, 6) is -0.0897. The Morgan fingerprint density at radius 1 is 1.50 bits per heavy atom. The summed E-state index contributed by atoms with van der Waals surface area (Å²) in [5, 5.41) is 10.5. The van der Waals surface area contributed by atoms with Crippen LogP contribution in [0.15, 0.2) is 24.3 Å². The van der Waals surface area contributed by atoms with E-state index in [1.54, 1.807) is 4.90 Å². The normalized spacial score (nSPS) is 34.1. The average Bonchev–Trinajstić information content (AvgIpc) is 2.82. The Labute approximate surface area is 106 Å². The van der Waals surface area contributed by atoms with Gasteiger partial charge in [0.25, 0.3) is 0 Å². The summed E-state index contributed by atoms with van der Waals surface area (Å²) in [7, 11) is 0. The van der Waals surface area contributed by atoms with E-state index in [2.05, 4.69) is 0 Å². The van der Waals surface area contributed by atoms with Crippen LogP contribution >= 0.6 is 0 Å². The highest BCUT2D eigenvalue weighted by Gasteiger charge is 2.57. The monoisotopic (exact) mass is 247 g/mol. The summed E-state index contributed by atoms with van der Waals surface area (Å²) in [6.45, 7) is 3.49. The van der Waals surface area contributed by atoms with E-state index in [9.17, 15) is 9.90 Å². The molecule has 2 heterocycles. The molecule has 0 aromatic heterocycles. The van der Waals surface area contributed by atoms with Gasteiger partial charge >= 0.3 is 0 Å². The van der Waals surface area contributed by atoms with Crippen LogP contribution in [0.5, 0.6) is 0 Å².